The number of hydrazine groups is 1. The summed E-state index contributed by atoms with van der Waals surface area (Å²) in [5.74, 6) is 6.26. The van der Waals surface area contributed by atoms with Gasteiger partial charge in [0.05, 0.1) is 17.8 Å². The first-order chi connectivity index (χ1) is 8.28. The normalized spacial score (nSPS) is 10.9. The van der Waals surface area contributed by atoms with E-state index in [-0.39, 0.29) is 0 Å². The van der Waals surface area contributed by atoms with Crippen molar-refractivity contribution in [1.82, 2.24) is 29.9 Å². The SMILES string of the molecule is Cc1cnn(-c2nc(NN)nc3[nH]ncc23)c1. The summed E-state index contributed by atoms with van der Waals surface area (Å²) < 4.78 is 1.66. The van der Waals surface area contributed by atoms with Gasteiger partial charge in [-0.25, -0.2) is 10.5 Å². The van der Waals surface area contributed by atoms with Gasteiger partial charge in [-0.1, -0.05) is 0 Å². The molecule has 0 bridgehead atoms. The fourth-order valence-electron chi connectivity index (χ4n) is 1.59. The molecule has 8 heteroatoms. The van der Waals surface area contributed by atoms with Crippen LogP contribution in [0, 0.1) is 6.92 Å². The number of aromatic amines is 1. The molecule has 86 valence electrons. The molecule has 0 atom stereocenters. The van der Waals surface area contributed by atoms with Crippen molar-refractivity contribution in [3.05, 3.63) is 24.2 Å². The number of hydrogen-bond donors (Lipinski definition) is 3. The zero-order chi connectivity index (χ0) is 11.8. The molecule has 3 rings (SSSR count). The molecular formula is C9H10N8. The Balaban J connectivity index is 2.29. The van der Waals surface area contributed by atoms with Crippen LogP contribution in [0.15, 0.2) is 18.6 Å². The average Bonchev–Trinajstić information content (AvgIpc) is 2.95. The molecule has 3 heterocycles. The Kier molecular flexibility index (Phi) is 2.02. The Bertz CT molecular complexity index is 666. The summed E-state index contributed by atoms with van der Waals surface area (Å²) in [6, 6.07) is 0. The highest BCUT2D eigenvalue weighted by molar-refractivity contribution is 5.82. The Hall–Kier alpha value is -2.48. The van der Waals surface area contributed by atoms with E-state index in [1.807, 2.05) is 13.1 Å². The Morgan fingerprint density at radius 3 is 2.94 bits per heavy atom. The van der Waals surface area contributed by atoms with Crippen LogP contribution in [0.4, 0.5) is 5.95 Å². The Morgan fingerprint density at radius 2 is 2.24 bits per heavy atom. The predicted molar refractivity (Wildman–Crippen MR) is 61.4 cm³/mol. The number of fused-ring (bicyclic) bond motifs is 1. The second kappa shape index (κ2) is 3.52. The molecule has 0 aliphatic heterocycles. The molecule has 0 amide bonds. The third-order valence-electron chi connectivity index (χ3n) is 2.35. The van der Waals surface area contributed by atoms with Crippen LogP contribution in [-0.2, 0) is 0 Å². The maximum Gasteiger partial charge on any atom is 0.241 e. The molecule has 4 N–H and O–H groups in total. The van der Waals surface area contributed by atoms with E-state index in [0.29, 0.717) is 17.4 Å². The van der Waals surface area contributed by atoms with Gasteiger partial charge in [0, 0.05) is 6.20 Å². The van der Waals surface area contributed by atoms with Crippen molar-refractivity contribution >= 4 is 17.0 Å². The van der Waals surface area contributed by atoms with E-state index in [2.05, 4.69) is 30.7 Å². The Labute approximate surface area is 95.8 Å². The van der Waals surface area contributed by atoms with Crippen LogP contribution < -0.4 is 11.3 Å². The first kappa shape index (κ1) is 9.73. The topological polar surface area (TPSA) is 110 Å². The number of nitrogen functional groups attached to an aromatic ring is 1. The summed E-state index contributed by atoms with van der Waals surface area (Å²) in [4.78, 5) is 8.41. The minimum Gasteiger partial charge on any atom is -0.292 e. The quantitative estimate of drug-likeness (QED) is 0.426. The van der Waals surface area contributed by atoms with E-state index in [1.165, 1.54) is 0 Å². The summed E-state index contributed by atoms with van der Waals surface area (Å²) in [5.41, 5.74) is 4.07. The van der Waals surface area contributed by atoms with Gasteiger partial charge in [-0.2, -0.15) is 20.2 Å². The molecule has 0 aromatic carbocycles. The fraction of sp³-hybridized carbons (Fsp3) is 0.111. The zero-order valence-corrected chi connectivity index (χ0v) is 9.05. The van der Waals surface area contributed by atoms with Crippen LogP contribution in [0.2, 0.25) is 0 Å². The summed E-state index contributed by atoms with van der Waals surface area (Å²) in [7, 11) is 0. The number of rotatable bonds is 2. The molecule has 17 heavy (non-hydrogen) atoms. The Morgan fingerprint density at radius 1 is 1.35 bits per heavy atom. The average molecular weight is 230 g/mol. The van der Waals surface area contributed by atoms with E-state index in [1.54, 1.807) is 17.1 Å². The van der Waals surface area contributed by atoms with Gasteiger partial charge in [0.15, 0.2) is 11.5 Å². The van der Waals surface area contributed by atoms with Gasteiger partial charge in [0.25, 0.3) is 0 Å². The van der Waals surface area contributed by atoms with Crippen LogP contribution >= 0.6 is 0 Å². The van der Waals surface area contributed by atoms with Crippen LogP contribution in [0.3, 0.4) is 0 Å². The van der Waals surface area contributed by atoms with E-state index in [9.17, 15) is 0 Å². The number of nitrogens with one attached hydrogen (secondary N) is 2. The first-order valence-corrected chi connectivity index (χ1v) is 4.97. The highest BCUT2D eigenvalue weighted by atomic mass is 15.4. The van der Waals surface area contributed by atoms with E-state index in [4.69, 9.17) is 5.84 Å². The van der Waals surface area contributed by atoms with Crippen LogP contribution in [0.25, 0.3) is 16.9 Å². The van der Waals surface area contributed by atoms with E-state index < -0.39 is 0 Å². The highest BCUT2D eigenvalue weighted by Gasteiger charge is 2.11. The van der Waals surface area contributed by atoms with Crippen molar-refractivity contribution in [2.24, 2.45) is 5.84 Å². The molecular weight excluding hydrogens is 220 g/mol. The molecule has 3 aromatic heterocycles. The summed E-state index contributed by atoms with van der Waals surface area (Å²) >= 11 is 0. The second-order valence-corrected chi connectivity index (χ2v) is 3.61. The third-order valence-corrected chi connectivity index (χ3v) is 2.35. The van der Waals surface area contributed by atoms with Crippen molar-refractivity contribution in [3.63, 3.8) is 0 Å². The minimum atomic E-state index is 0.310. The number of nitrogens with two attached hydrogens (primary N) is 1. The molecule has 0 saturated heterocycles. The molecule has 0 aliphatic rings. The molecule has 0 spiro atoms. The van der Waals surface area contributed by atoms with Gasteiger partial charge >= 0.3 is 0 Å². The van der Waals surface area contributed by atoms with Gasteiger partial charge in [0.1, 0.15) is 0 Å². The summed E-state index contributed by atoms with van der Waals surface area (Å²) in [6.07, 6.45) is 5.28. The number of anilines is 1. The lowest BCUT2D eigenvalue weighted by Crippen LogP contribution is -2.12. The molecule has 0 aliphatic carbocycles. The lowest BCUT2D eigenvalue weighted by atomic mass is 10.4. The molecule has 0 unspecified atom stereocenters. The van der Waals surface area contributed by atoms with Crippen molar-refractivity contribution in [2.75, 3.05) is 5.43 Å². The van der Waals surface area contributed by atoms with Gasteiger partial charge in [-0.3, -0.25) is 10.5 Å². The zero-order valence-electron chi connectivity index (χ0n) is 9.05. The smallest absolute Gasteiger partial charge is 0.241 e. The summed E-state index contributed by atoms with van der Waals surface area (Å²) in [5, 5.41) is 11.7. The van der Waals surface area contributed by atoms with Crippen LogP contribution in [0.1, 0.15) is 5.56 Å². The standard InChI is InChI=1S/C9H10N8/c1-5-2-12-17(4-5)8-6-3-11-16-7(6)13-9(14-8)15-10/h2-4H,10H2,1H3,(H2,11,13,14,15,16). The fourth-order valence-corrected chi connectivity index (χ4v) is 1.59. The number of aryl methyl sites for hydroxylation is 1. The van der Waals surface area contributed by atoms with Gasteiger partial charge in [0.2, 0.25) is 5.95 Å². The second-order valence-electron chi connectivity index (χ2n) is 3.61. The number of aromatic nitrogens is 6. The van der Waals surface area contributed by atoms with E-state index in [0.717, 1.165) is 10.9 Å². The maximum atomic E-state index is 5.32. The van der Waals surface area contributed by atoms with Crippen molar-refractivity contribution in [1.29, 1.82) is 0 Å². The number of hydrogen-bond acceptors (Lipinski definition) is 6. The largest absolute Gasteiger partial charge is 0.292 e. The van der Waals surface area contributed by atoms with Gasteiger partial charge < -0.3 is 0 Å². The van der Waals surface area contributed by atoms with Crippen LogP contribution in [0.5, 0.6) is 0 Å². The first-order valence-electron chi connectivity index (χ1n) is 4.97. The van der Waals surface area contributed by atoms with Crippen LogP contribution in [-0.4, -0.2) is 29.9 Å². The summed E-state index contributed by atoms with van der Waals surface area (Å²) in [6.45, 7) is 1.96. The lowest BCUT2D eigenvalue weighted by Gasteiger charge is -2.04. The highest BCUT2D eigenvalue weighted by Crippen LogP contribution is 2.18. The number of H-pyrrole nitrogens is 1. The molecule has 0 saturated carbocycles. The molecule has 3 aromatic rings. The number of nitrogens with zero attached hydrogens (tertiary/aromatic N) is 5. The van der Waals surface area contributed by atoms with Crippen molar-refractivity contribution in [2.45, 2.75) is 6.92 Å². The van der Waals surface area contributed by atoms with Gasteiger partial charge in [-0.05, 0) is 12.5 Å². The lowest BCUT2D eigenvalue weighted by molar-refractivity contribution is 0.851. The maximum absolute atomic E-state index is 5.32. The van der Waals surface area contributed by atoms with Gasteiger partial charge in [-0.15, -0.1) is 0 Å². The molecule has 0 fully saturated rings. The monoisotopic (exact) mass is 230 g/mol. The molecule has 0 radical (unpaired) electrons. The molecule has 8 nitrogen and oxygen atoms in total. The third kappa shape index (κ3) is 1.51. The van der Waals surface area contributed by atoms with Crippen molar-refractivity contribution < 1.29 is 0 Å². The minimum absolute atomic E-state index is 0.310. The van der Waals surface area contributed by atoms with E-state index >= 15 is 0 Å². The predicted octanol–water partition coefficient (Wildman–Crippen LogP) is 0.133. The van der Waals surface area contributed by atoms with Crippen molar-refractivity contribution in [3.8, 4) is 5.82 Å².